The highest BCUT2D eigenvalue weighted by atomic mass is 35.5. The third-order valence-electron chi connectivity index (χ3n) is 4.57. The standard InChI is InChI=1S/C23H15ClF3NO/c24-21-10-2-1-5-16(21)14-29-17-7-3-6-15(13-17)18-11-12-28-22-19(18)8-4-9-20(22)23(25,26)27/h1-13H,14H2. The average molecular weight is 414 g/mol. The summed E-state index contributed by atoms with van der Waals surface area (Å²) in [5.41, 5.74) is 1.43. The number of hydrogen-bond donors (Lipinski definition) is 0. The molecule has 0 saturated heterocycles. The van der Waals surface area contributed by atoms with Crippen molar-refractivity contribution in [2.75, 3.05) is 0 Å². The highest BCUT2D eigenvalue weighted by Crippen LogP contribution is 2.37. The molecule has 29 heavy (non-hydrogen) atoms. The second kappa shape index (κ2) is 7.76. The van der Waals surface area contributed by atoms with Crippen LogP contribution < -0.4 is 4.74 Å². The summed E-state index contributed by atoms with van der Waals surface area (Å²) in [4.78, 5) is 3.98. The molecule has 2 nitrogen and oxygen atoms in total. The number of nitrogens with zero attached hydrogens (tertiary/aromatic N) is 1. The summed E-state index contributed by atoms with van der Waals surface area (Å²) in [7, 11) is 0. The molecule has 0 aliphatic rings. The minimum Gasteiger partial charge on any atom is -0.489 e. The third-order valence-corrected chi connectivity index (χ3v) is 4.94. The highest BCUT2D eigenvalue weighted by molar-refractivity contribution is 6.31. The monoisotopic (exact) mass is 413 g/mol. The number of hydrogen-bond acceptors (Lipinski definition) is 2. The van der Waals surface area contributed by atoms with Crippen LogP contribution in [0.2, 0.25) is 5.02 Å². The lowest BCUT2D eigenvalue weighted by Gasteiger charge is -2.13. The van der Waals surface area contributed by atoms with Crippen molar-refractivity contribution >= 4 is 22.5 Å². The maximum absolute atomic E-state index is 13.3. The van der Waals surface area contributed by atoms with E-state index < -0.39 is 11.7 Å². The van der Waals surface area contributed by atoms with Crippen LogP contribution in [0.5, 0.6) is 5.75 Å². The van der Waals surface area contributed by atoms with Gasteiger partial charge in [-0.1, -0.05) is 54.1 Å². The Hall–Kier alpha value is -3.05. The lowest BCUT2D eigenvalue weighted by atomic mass is 9.99. The van der Waals surface area contributed by atoms with Gasteiger partial charge in [-0.3, -0.25) is 4.98 Å². The normalized spacial score (nSPS) is 11.6. The molecule has 0 radical (unpaired) electrons. The summed E-state index contributed by atoms with van der Waals surface area (Å²) in [5, 5.41) is 1.05. The Balaban J connectivity index is 1.70. The maximum Gasteiger partial charge on any atom is 0.418 e. The van der Waals surface area contributed by atoms with Crippen LogP contribution in [0, 0.1) is 0 Å². The largest absolute Gasteiger partial charge is 0.489 e. The minimum atomic E-state index is -4.47. The van der Waals surface area contributed by atoms with Crippen molar-refractivity contribution in [2.45, 2.75) is 12.8 Å². The number of para-hydroxylation sites is 1. The summed E-state index contributed by atoms with van der Waals surface area (Å²) in [6.07, 6.45) is -3.07. The fourth-order valence-electron chi connectivity index (χ4n) is 3.19. The zero-order valence-electron chi connectivity index (χ0n) is 15.1. The number of ether oxygens (including phenoxy) is 1. The molecule has 1 heterocycles. The Kier molecular flexibility index (Phi) is 5.16. The molecule has 0 fully saturated rings. The van der Waals surface area contributed by atoms with Crippen molar-refractivity contribution in [3.63, 3.8) is 0 Å². The molecule has 146 valence electrons. The lowest BCUT2D eigenvalue weighted by molar-refractivity contribution is -0.136. The number of fused-ring (bicyclic) bond motifs is 1. The van der Waals surface area contributed by atoms with Gasteiger partial charge < -0.3 is 4.74 Å². The van der Waals surface area contributed by atoms with Crippen molar-refractivity contribution < 1.29 is 17.9 Å². The molecule has 0 aliphatic heterocycles. The van der Waals surface area contributed by atoms with Crippen LogP contribution in [0.4, 0.5) is 13.2 Å². The zero-order chi connectivity index (χ0) is 20.4. The molecule has 0 aliphatic carbocycles. The molecule has 3 aromatic carbocycles. The van der Waals surface area contributed by atoms with E-state index in [4.69, 9.17) is 16.3 Å². The first-order valence-corrected chi connectivity index (χ1v) is 9.23. The van der Waals surface area contributed by atoms with E-state index in [9.17, 15) is 13.2 Å². The quantitative estimate of drug-likeness (QED) is 0.354. The molecule has 0 saturated carbocycles. The van der Waals surface area contributed by atoms with Gasteiger partial charge in [-0.05, 0) is 41.5 Å². The summed E-state index contributed by atoms with van der Waals surface area (Å²) in [6.45, 7) is 0.290. The molecule has 0 N–H and O–H groups in total. The molecule has 1 aromatic heterocycles. The van der Waals surface area contributed by atoms with Gasteiger partial charge in [0.1, 0.15) is 12.4 Å². The maximum atomic E-state index is 13.3. The molecule has 0 unspecified atom stereocenters. The molecule has 4 aromatic rings. The number of aromatic nitrogens is 1. The predicted octanol–water partition coefficient (Wildman–Crippen LogP) is 7.15. The van der Waals surface area contributed by atoms with E-state index in [1.165, 1.54) is 12.3 Å². The van der Waals surface area contributed by atoms with Crippen LogP contribution in [-0.4, -0.2) is 4.98 Å². The van der Waals surface area contributed by atoms with E-state index >= 15 is 0 Å². The molecule has 0 atom stereocenters. The lowest BCUT2D eigenvalue weighted by Crippen LogP contribution is -2.06. The number of alkyl halides is 3. The van der Waals surface area contributed by atoms with Crippen molar-refractivity contribution in [3.8, 4) is 16.9 Å². The van der Waals surface area contributed by atoms with Gasteiger partial charge in [0.25, 0.3) is 0 Å². The fourth-order valence-corrected chi connectivity index (χ4v) is 3.38. The van der Waals surface area contributed by atoms with Crippen molar-refractivity contribution in [2.24, 2.45) is 0 Å². The molecule has 6 heteroatoms. The van der Waals surface area contributed by atoms with Gasteiger partial charge in [-0.25, -0.2) is 0 Å². The number of rotatable bonds is 4. The summed E-state index contributed by atoms with van der Waals surface area (Å²) < 4.78 is 45.9. The van der Waals surface area contributed by atoms with Gasteiger partial charge in [0.2, 0.25) is 0 Å². The smallest absolute Gasteiger partial charge is 0.418 e. The molecular weight excluding hydrogens is 399 g/mol. The number of halogens is 4. The summed E-state index contributed by atoms with van der Waals surface area (Å²) >= 11 is 6.16. The van der Waals surface area contributed by atoms with E-state index in [1.807, 2.05) is 24.3 Å². The van der Waals surface area contributed by atoms with Crippen LogP contribution >= 0.6 is 11.6 Å². The first kappa shape index (κ1) is 19.3. The Morgan fingerprint density at radius 2 is 1.69 bits per heavy atom. The Morgan fingerprint density at radius 1 is 0.897 bits per heavy atom. The Morgan fingerprint density at radius 3 is 2.48 bits per heavy atom. The molecule has 0 spiro atoms. The SMILES string of the molecule is FC(F)(F)c1cccc2c(-c3cccc(OCc4ccccc4Cl)c3)ccnc12. The zero-order valence-corrected chi connectivity index (χ0v) is 15.8. The Bertz CT molecular complexity index is 1170. The van der Waals surface area contributed by atoms with Crippen LogP contribution in [0.15, 0.2) is 79.0 Å². The van der Waals surface area contributed by atoms with Crippen molar-refractivity contribution in [1.82, 2.24) is 4.98 Å². The summed E-state index contributed by atoms with van der Waals surface area (Å²) in [6, 6.07) is 20.4. The van der Waals surface area contributed by atoms with Gasteiger partial charge in [0.05, 0.1) is 11.1 Å². The van der Waals surface area contributed by atoms with Crippen LogP contribution in [0.3, 0.4) is 0 Å². The van der Waals surface area contributed by atoms with Gasteiger partial charge in [-0.15, -0.1) is 0 Å². The van der Waals surface area contributed by atoms with Gasteiger partial charge >= 0.3 is 6.18 Å². The van der Waals surface area contributed by atoms with Gasteiger partial charge in [0.15, 0.2) is 0 Å². The van der Waals surface area contributed by atoms with Gasteiger partial charge in [-0.2, -0.15) is 13.2 Å². The second-order valence-corrected chi connectivity index (χ2v) is 6.87. The Labute approximate surface area is 170 Å². The number of pyridine rings is 1. The van der Waals surface area contributed by atoms with E-state index in [1.54, 1.807) is 36.4 Å². The minimum absolute atomic E-state index is 0.0695. The van der Waals surface area contributed by atoms with Crippen LogP contribution in [-0.2, 0) is 12.8 Å². The fraction of sp³-hybridized carbons (Fsp3) is 0.0870. The molecule has 4 rings (SSSR count). The van der Waals surface area contributed by atoms with E-state index in [-0.39, 0.29) is 5.52 Å². The predicted molar refractivity (Wildman–Crippen MR) is 108 cm³/mol. The first-order chi connectivity index (χ1) is 13.9. The highest BCUT2D eigenvalue weighted by Gasteiger charge is 2.33. The van der Waals surface area contributed by atoms with Crippen LogP contribution in [0.1, 0.15) is 11.1 Å². The van der Waals surface area contributed by atoms with Crippen molar-refractivity contribution in [3.05, 3.63) is 95.1 Å². The topological polar surface area (TPSA) is 22.1 Å². The number of benzene rings is 3. The van der Waals surface area contributed by atoms with Crippen molar-refractivity contribution in [1.29, 1.82) is 0 Å². The average Bonchev–Trinajstić information content (AvgIpc) is 2.72. The molecule has 0 amide bonds. The summed E-state index contributed by atoms with van der Waals surface area (Å²) in [5.74, 6) is 0.597. The third kappa shape index (κ3) is 4.05. The second-order valence-electron chi connectivity index (χ2n) is 6.47. The molecule has 0 bridgehead atoms. The van der Waals surface area contributed by atoms with E-state index in [2.05, 4.69) is 4.98 Å². The van der Waals surface area contributed by atoms with Gasteiger partial charge in [0, 0.05) is 22.2 Å². The first-order valence-electron chi connectivity index (χ1n) is 8.85. The van der Waals surface area contributed by atoms with Crippen LogP contribution in [0.25, 0.3) is 22.0 Å². The van der Waals surface area contributed by atoms with E-state index in [0.29, 0.717) is 28.3 Å². The molecular formula is C23H15ClF3NO. The van der Waals surface area contributed by atoms with E-state index in [0.717, 1.165) is 17.2 Å².